The molecule has 0 aliphatic carbocycles. The molecular weight excluding hydrogens is 218 g/mol. The normalized spacial score (nSPS) is 14.1. The smallest absolute Gasteiger partial charge is 0.253 e. The number of carbonyl (C=O) groups excluding carboxylic acids is 1. The van der Waals surface area contributed by atoms with Gasteiger partial charge in [-0.15, -0.1) is 0 Å². The zero-order valence-electron chi connectivity index (χ0n) is 10.2. The van der Waals surface area contributed by atoms with Crippen LogP contribution in [0.3, 0.4) is 0 Å². The Bertz CT molecular complexity index is 338. The van der Waals surface area contributed by atoms with Gasteiger partial charge in [-0.25, -0.2) is 0 Å². The second-order valence-electron chi connectivity index (χ2n) is 3.96. The minimum atomic E-state index is -0.592. The summed E-state index contributed by atoms with van der Waals surface area (Å²) in [6.45, 7) is 2.14. The molecule has 1 aromatic rings. The predicted octanol–water partition coefficient (Wildman–Crippen LogP) is 1.26. The number of hydrogen-bond acceptors (Lipinski definition) is 3. The maximum absolute atomic E-state index is 11.8. The first-order valence-corrected chi connectivity index (χ1v) is 5.68. The predicted molar refractivity (Wildman–Crippen MR) is 65.5 cm³/mol. The maximum atomic E-state index is 11.8. The van der Waals surface area contributed by atoms with E-state index in [9.17, 15) is 4.79 Å². The number of methoxy groups -OCH3 is 1. The third-order valence-electron chi connectivity index (χ3n) is 2.44. The lowest BCUT2D eigenvalue weighted by Gasteiger charge is -2.15. The third kappa shape index (κ3) is 4.54. The largest absolute Gasteiger partial charge is 0.393 e. The average molecular weight is 237 g/mol. The first-order chi connectivity index (χ1) is 8.15. The van der Waals surface area contributed by atoms with Crippen molar-refractivity contribution < 1.29 is 14.6 Å². The van der Waals surface area contributed by atoms with Crippen molar-refractivity contribution in [2.75, 3.05) is 13.7 Å². The van der Waals surface area contributed by atoms with Crippen LogP contribution >= 0.6 is 0 Å². The van der Waals surface area contributed by atoms with Gasteiger partial charge in [0.2, 0.25) is 0 Å². The van der Waals surface area contributed by atoms with Crippen molar-refractivity contribution in [3.05, 3.63) is 35.9 Å². The van der Waals surface area contributed by atoms with Crippen LogP contribution in [0.15, 0.2) is 30.3 Å². The maximum Gasteiger partial charge on any atom is 0.253 e. The van der Waals surface area contributed by atoms with Crippen LogP contribution in [0.2, 0.25) is 0 Å². The van der Waals surface area contributed by atoms with E-state index in [2.05, 4.69) is 5.32 Å². The molecule has 0 saturated carbocycles. The molecule has 0 bridgehead atoms. The minimum absolute atomic E-state index is 0.181. The van der Waals surface area contributed by atoms with Crippen molar-refractivity contribution in [3.8, 4) is 0 Å². The van der Waals surface area contributed by atoms with Crippen LogP contribution in [0.4, 0.5) is 0 Å². The summed E-state index contributed by atoms with van der Waals surface area (Å²) in [6.07, 6.45) is -0.463. The summed E-state index contributed by atoms with van der Waals surface area (Å²) >= 11 is 0. The number of ether oxygens (including phenoxy) is 1. The van der Waals surface area contributed by atoms with Gasteiger partial charge in [0.05, 0.1) is 6.10 Å². The Labute approximate surface area is 102 Å². The van der Waals surface area contributed by atoms with E-state index in [-0.39, 0.29) is 5.91 Å². The lowest BCUT2D eigenvalue weighted by atomic mass is 10.1. The number of carbonyl (C=O) groups is 1. The van der Waals surface area contributed by atoms with Gasteiger partial charge in [0.25, 0.3) is 5.91 Å². The molecule has 1 rings (SSSR count). The van der Waals surface area contributed by atoms with Gasteiger partial charge in [0.1, 0.15) is 0 Å². The first-order valence-electron chi connectivity index (χ1n) is 5.68. The van der Waals surface area contributed by atoms with Gasteiger partial charge >= 0.3 is 0 Å². The number of benzene rings is 1. The van der Waals surface area contributed by atoms with E-state index in [1.165, 1.54) is 7.11 Å². The summed E-state index contributed by atoms with van der Waals surface area (Å²) in [4.78, 5) is 11.8. The molecule has 17 heavy (non-hydrogen) atoms. The Morgan fingerprint density at radius 2 is 2.06 bits per heavy atom. The van der Waals surface area contributed by atoms with Crippen molar-refractivity contribution in [2.24, 2.45) is 0 Å². The zero-order chi connectivity index (χ0) is 12.7. The average Bonchev–Trinajstić information content (AvgIpc) is 2.31. The third-order valence-corrected chi connectivity index (χ3v) is 2.44. The number of amides is 1. The van der Waals surface area contributed by atoms with E-state index in [1.807, 2.05) is 30.3 Å². The van der Waals surface area contributed by atoms with Crippen molar-refractivity contribution in [2.45, 2.75) is 25.6 Å². The number of rotatable bonds is 6. The van der Waals surface area contributed by atoms with Crippen LogP contribution in [0.5, 0.6) is 0 Å². The van der Waals surface area contributed by atoms with Crippen molar-refractivity contribution >= 4 is 5.91 Å². The van der Waals surface area contributed by atoms with E-state index in [1.54, 1.807) is 6.92 Å². The number of hydrogen-bond donors (Lipinski definition) is 2. The monoisotopic (exact) mass is 237 g/mol. The molecule has 2 unspecified atom stereocenters. The van der Waals surface area contributed by atoms with Crippen molar-refractivity contribution in [1.82, 2.24) is 5.32 Å². The van der Waals surface area contributed by atoms with E-state index in [0.717, 1.165) is 5.56 Å². The summed E-state index contributed by atoms with van der Waals surface area (Å²) in [5.74, 6) is -0.181. The van der Waals surface area contributed by atoms with E-state index < -0.39 is 12.2 Å². The summed E-state index contributed by atoms with van der Waals surface area (Å²) in [7, 11) is 1.51. The number of aliphatic hydroxyl groups is 1. The molecule has 2 atom stereocenters. The molecule has 0 radical (unpaired) electrons. The molecule has 0 fully saturated rings. The van der Waals surface area contributed by atoms with E-state index >= 15 is 0 Å². The van der Waals surface area contributed by atoms with Crippen molar-refractivity contribution in [3.63, 3.8) is 0 Å². The minimum Gasteiger partial charge on any atom is -0.393 e. The quantitative estimate of drug-likeness (QED) is 0.783. The van der Waals surface area contributed by atoms with Crippen LogP contribution in [-0.4, -0.2) is 30.8 Å². The molecule has 4 heteroatoms. The number of aliphatic hydroxyl groups excluding tert-OH is 1. The topological polar surface area (TPSA) is 58.6 Å². The molecule has 1 amide bonds. The molecule has 94 valence electrons. The molecule has 0 saturated heterocycles. The van der Waals surface area contributed by atoms with Crippen molar-refractivity contribution in [1.29, 1.82) is 0 Å². The molecule has 4 nitrogen and oxygen atoms in total. The molecule has 0 aliphatic rings. The van der Waals surface area contributed by atoms with E-state index in [0.29, 0.717) is 13.0 Å². The fourth-order valence-electron chi connectivity index (χ4n) is 1.52. The molecule has 0 aliphatic heterocycles. The molecular formula is C13H19NO3. The fraction of sp³-hybridized carbons (Fsp3) is 0.462. The van der Waals surface area contributed by atoms with Gasteiger partial charge in [0, 0.05) is 13.7 Å². The molecule has 2 N–H and O–H groups in total. The summed E-state index contributed by atoms with van der Waals surface area (Å²) in [5.41, 5.74) is 0.824. The van der Waals surface area contributed by atoms with Crippen LogP contribution < -0.4 is 5.32 Å². The molecule has 0 heterocycles. The Hall–Kier alpha value is -1.39. The van der Waals surface area contributed by atoms with Gasteiger partial charge in [-0.1, -0.05) is 30.3 Å². The second-order valence-corrected chi connectivity index (χ2v) is 3.96. The molecule has 0 spiro atoms. The SMILES string of the molecule is COC(C(=O)NCCC(C)O)c1ccccc1. The molecule has 1 aromatic carbocycles. The fourth-order valence-corrected chi connectivity index (χ4v) is 1.52. The summed E-state index contributed by atoms with van der Waals surface area (Å²) < 4.78 is 5.18. The van der Waals surface area contributed by atoms with Gasteiger partial charge < -0.3 is 15.2 Å². The second kappa shape index (κ2) is 7.04. The Kier molecular flexibility index (Phi) is 5.66. The van der Waals surface area contributed by atoms with Gasteiger partial charge in [0.15, 0.2) is 6.10 Å². The Morgan fingerprint density at radius 1 is 1.41 bits per heavy atom. The Balaban J connectivity index is 2.53. The molecule has 0 aromatic heterocycles. The standard InChI is InChI=1S/C13H19NO3/c1-10(15)8-9-14-13(16)12(17-2)11-6-4-3-5-7-11/h3-7,10,12,15H,8-9H2,1-2H3,(H,14,16). The first kappa shape index (κ1) is 13.7. The van der Waals surface area contributed by atoms with Crippen LogP contribution in [0, 0.1) is 0 Å². The lowest BCUT2D eigenvalue weighted by molar-refractivity contribution is -0.131. The van der Waals surface area contributed by atoms with Gasteiger partial charge in [-0.05, 0) is 18.9 Å². The van der Waals surface area contributed by atoms with Crippen LogP contribution in [0.1, 0.15) is 25.0 Å². The van der Waals surface area contributed by atoms with Gasteiger partial charge in [-0.2, -0.15) is 0 Å². The van der Waals surface area contributed by atoms with E-state index in [4.69, 9.17) is 9.84 Å². The van der Waals surface area contributed by atoms with Crippen LogP contribution in [-0.2, 0) is 9.53 Å². The van der Waals surface area contributed by atoms with Crippen LogP contribution in [0.25, 0.3) is 0 Å². The zero-order valence-corrected chi connectivity index (χ0v) is 10.2. The Morgan fingerprint density at radius 3 is 2.59 bits per heavy atom. The highest BCUT2D eigenvalue weighted by atomic mass is 16.5. The highest BCUT2D eigenvalue weighted by Gasteiger charge is 2.19. The highest BCUT2D eigenvalue weighted by molar-refractivity contribution is 5.82. The lowest BCUT2D eigenvalue weighted by Crippen LogP contribution is -2.32. The summed E-state index contributed by atoms with van der Waals surface area (Å²) in [6, 6.07) is 9.32. The number of nitrogens with one attached hydrogen (secondary N) is 1. The highest BCUT2D eigenvalue weighted by Crippen LogP contribution is 2.15. The van der Waals surface area contributed by atoms with Gasteiger partial charge in [-0.3, -0.25) is 4.79 Å². The summed E-state index contributed by atoms with van der Waals surface area (Å²) in [5, 5.41) is 11.8.